The second kappa shape index (κ2) is 2.50. The molecule has 2 atom stereocenters. The first-order valence-electron chi connectivity index (χ1n) is 4.60. The van der Waals surface area contributed by atoms with Gasteiger partial charge in [0.05, 0.1) is 11.9 Å². The van der Waals surface area contributed by atoms with Crippen molar-refractivity contribution in [2.24, 2.45) is 4.99 Å². The number of hydrogen-bond donors (Lipinski definition) is 0. The molecule has 0 radical (unpaired) electrons. The highest BCUT2D eigenvalue weighted by atomic mass is 15.2. The van der Waals surface area contributed by atoms with E-state index >= 15 is 0 Å². The van der Waals surface area contributed by atoms with Gasteiger partial charge in [0.2, 0.25) is 0 Å². The van der Waals surface area contributed by atoms with Crippen LogP contribution in [0.2, 0.25) is 0 Å². The van der Waals surface area contributed by atoms with Crippen molar-refractivity contribution in [3.05, 3.63) is 0 Å². The van der Waals surface area contributed by atoms with Crippen molar-refractivity contribution < 1.29 is 0 Å². The third-order valence-electron chi connectivity index (χ3n) is 2.71. The van der Waals surface area contributed by atoms with Crippen molar-refractivity contribution in [1.29, 1.82) is 0 Å². The predicted molar refractivity (Wildman–Crippen MR) is 46.9 cm³/mol. The summed E-state index contributed by atoms with van der Waals surface area (Å²) in [4.78, 5) is 7.11. The molecule has 1 saturated heterocycles. The van der Waals surface area contributed by atoms with Gasteiger partial charge < -0.3 is 4.90 Å². The van der Waals surface area contributed by atoms with Gasteiger partial charge in [-0.2, -0.15) is 0 Å². The molecule has 2 rings (SSSR count). The minimum atomic E-state index is 0.564. The zero-order valence-electron chi connectivity index (χ0n) is 7.38. The smallest absolute Gasteiger partial charge is 0.0995 e. The average Bonchev–Trinajstić information content (AvgIpc) is 2.34. The first-order valence-corrected chi connectivity index (χ1v) is 4.60. The second-order valence-electron chi connectivity index (χ2n) is 3.78. The Labute approximate surface area is 68.3 Å². The van der Waals surface area contributed by atoms with E-state index in [2.05, 4.69) is 23.7 Å². The van der Waals surface area contributed by atoms with Crippen molar-refractivity contribution in [3.8, 4) is 0 Å². The topological polar surface area (TPSA) is 15.6 Å². The maximum absolute atomic E-state index is 4.64. The van der Waals surface area contributed by atoms with Crippen LogP contribution in [0.4, 0.5) is 0 Å². The first kappa shape index (κ1) is 7.14. The third kappa shape index (κ3) is 1.15. The number of fused-ring (bicyclic) bond motifs is 1. The van der Waals surface area contributed by atoms with Crippen LogP contribution in [0.15, 0.2) is 4.99 Å². The standard InChI is InChI=1S/C9H16N2/c1-7-6-8(2)11-5-3-4-9(11)10-7/h7-8H,3-6H2,1-2H3. The lowest BCUT2D eigenvalue weighted by Gasteiger charge is -2.32. The fourth-order valence-corrected chi connectivity index (χ4v) is 2.22. The second-order valence-corrected chi connectivity index (χ2v) is 3.78. The maximum atomic E-state index is 4.64. The van der Waals surface area contributed by atoms with Crippen molar-refractivity contribution in [2.45, 2.75) is 45.2 Å². The van der Waals surface area contributed by atoms with Gasteiger partial charge in [-0.25, -0.2) is 0 Å². The van der Waals surface area contributed by atoms with E-state index in [1.807, 2.05) is 0 Å². The van der Waals surface area contributed by atoms with Gasteiger partial charge >= 0.3 is 0 Å². The minimum absolute atomic E-state index is 0.564. The average molecular weight is 152 g/mol. The molecule has 0 aromatic rings. The predicted octanol–water partition coefficient (Wildman–Crippen LogP) is 1.66. The molecule has 2 heterocycles. The molecule has 0 spiro atoms. The van der Waals surface area contributed by atoms with E-state index in [0.29, 0.717) is 6.04 Å². The Morgan fingerprint density at radius 3 is 3.09 bits per heavy atom. The largest absolute Gasteiger partial charge is 0.358 e. The summed E-state index contributed by atoms with van der Waals surface area (Å²) in [6, 6.07) is 1.30. The van der Waals surface area contributed by atoms with Gasteiger partial charge in [-0.1, -0.05) is 0 Å². The molecule has 0 saturated carbocycles. The molecular weight excluding hydrogens is 136 g/mol. The minimum Gasteiger partial charge on any atom is -0.358 e. The summed E-state index contributed by atoms with van der Waals surface area (Å²) in [7, 11) is 0. The number of nitrogens with zero attached hydrogens (tertiary/aromatic N) is 2. The summed E-state index contributed by atoms with van der Waals surface area (Å²) in [6.07, 6.45) is 3.77. The van der Waals surface area contributed by atoms with E-state index in [1.165, 1.54) is 31.6 Å². The fraction of sp³-hybridized carbons (Fsp3) is 0.889. The number of rotatable bonds is 0. The Morgan fingerprint density at radius 2 is 2.27 bits per heavy atom. The molecule has 0 N–H and O–H groups in total. The van der Waals surface area contributed by atoms with Gasteiger partial charge in [0.15, 0.2) is 0 Å². The van der Waals surface area contributed by atoms with E-state index in [9.17, 15) is 0 Å². The normalized spacial score (nSPS) is 36.9. The maximum Gasteiger partial charge on any atom is 0.0995 e. The van der Waals surface area contributed by atoms with Crippen LogP contribution in [0.1, 0.15) is 33.1 Å². The van der Waals surface area contributed by atoms with E-state index in [0.717, 1.165) is 6.04 Å². The van der Waals surface area contributed by atoms with E-state index < -0.39 is 0 Å². The zero-order chi connectivity index (χ0) is 7.84. The van der Waals surface area contributed by atoms with Crippen molar-refractivity contribution >= 4 is 5.84 Å². The molecule has 0 amide bonds. The van der Waals surface area contributed by atoms with Gasteiger partial charge in [0.1, 0.15) is 0 Å². The molecule has 0 aromatic carbocycles. The summed E-state index contributed by atoms with van der Waals surface area (Å²) in [5, 5.41) is 0. The van der Waals surface area contributed by atoms with Crippen molar-refractivity contribution in [2.75, 3.05) is 6.54 Å². The lowest BCUT2D eigenvalue weighted by molar-refractivity contribution is 0.302. The number of aliphatic imine (C=N–C) groups is 1. The number of hydrogen-bond acceptors (Lipinski definition) is 2. The summed E-state index contributed by atoms with van der Waals surface area (Å²) >= 11 is 0. The molecule has 2 aliphatic rings. The molecule has 1 fully saturated rings. The summed E-state index contributed by atoms with van der Waals surface area (Å²) in [6.45, 7) is 5.78. The Balaban J connectivity index is 2.21. The third-order valence-corrected chi connectivity index (χ3v) is 2.71. The van der Waals surface area contributed by atoms with E-state index in [4.69, 9.17) is 0 Å². The molecular formula is C9H16N2. The molecule has 2 nitrogen and oxygen atoms in total. The Bertz CT molecular complexity index is 186. The van der Waals surface area contributed by atoms with Crippen LogP contribution >= 0.6 is 0 Å². The van der Waals surface area contributed by atoms with Crippen LogP contribution in [0, 0.1) is 0 Å². The molecule has 0 bridgehead atoms. The molecule has 0 aromatic heterocycles. The molecule has 62 valence electrons. The molecule has 2 unspecified atom stereocenters. The Morgan fingerprint density at radius 1 is 1.45 bits per heavy atom. The van der Waals surface area contributed by atoms with Crippen LogP contribution in [0.5, 0.6) is 0 Å². The zero-order valence-corrected chi connectivity index (χ0v) is 7.38. The van der Waals surface area contributed by atoms with Crippen LogP contribution in [-0.4, -0.2) is 29.4 Å². The van der Waals surface area contributed by atoms with Gasteiger partial charge in [-0.05, 0) is 26.7 Å². The van der Waals surface area contributed by atoms with Crippen LogP contribution in [0.3, 0.4) is 0 Å². The van der Waals surface area contributed by atoms with Crippen LogP contribution < -0.4 is 0 Å². The van der Waals surface area contributed by atoms with Crippen molar-refractivity contribution in [1.82, 2.24) is 4.90 Å². The Hall–Kier alpha value is -0.530. The molecule has 2 aliphatic heterocycles. The quantitative estimate of drug-likeness (QED) is 0.515. The summed E-state index contributed by atoms with van der Waals surface area (Å²) in [5.41, 5.74) is 0. The van der Waals surface area contributed by atoms with Gasteiger partial charge in [0, 0.05) is 19.0 Å². The van der Waals surface area contributed by atoms with Gasteiger partial charge in [-0.3, -0.25) is 4.99 Å². The van der Waals surface area contributed by atoms with Gasteiger partial charge in [-0.15, -0.1) is 0 Å². The highest BCUT2D eigenvalue weighted by Crippen LogP contribution is 2.23. The lowest BCUT2D eigenvalue weighted by Crippen LogP contribution is -2.40. The van der Waals surface area contributed by atoms with Gasteiger partial charge in [0.25, 0.3) is 0 Å². The summed E-state index contributed by atoms with van der Waals surface area (Å²) in [5.74, 6) is 1.37. The highest BCUT2D eigenvalue weighted by molar-refractivity contribution is 5.85. The van der Waals surface area contributed by atoms with E-state index in [1.54, 1.807) is 0 Å². The Kier molecular flexibility index (Phi) is 1.63. The molecule has 2 heteroatoms. The first-order chi connectivity index (χ1) is 5.27. The van der Waals surface area contributed by atoms with Crippen molar-refractivity contribution in [3.63, 3.8) is 0 Å². The molecule has 11 heavy (non-hydrogen) atoms. The fourth-order valence-electron chi connectivity index (χ4n) is 2.22. The number of amidine groups is 1. The van der Waals surface area contributed by atoms with Crippen LogP contribution in [0.25, 0.3) is 0 Å². The monoisotopic (exact) mass is 152 g/mol. The summed E-state index contributed by atoms with van der Waals surface area (Å²) < 4.78 is 0. The van der Waals surface area contributed by atoms with E-state index in [-0.39, 0.29) is 0 Å². The highest BCUT2D eigenvalue weighted by Gasteiger charge is 2.28. The van der Waals surface area contributed by atoms with Crippen LogP contribution in [-0.2, 0) is 0 Å². The molecule has 0 aliphatic carbocycles. The SMILES string of the molecule is CC1CC(C)N2CCCC2=N1. The lowest BCUT2D eigenvalue weighted by atomic mass is 10.1.